The fourth-order valence-electron chi connectivity index (χ4n) is 2.92. The summed E-state index contributed by atoms with van der Waals surface area (Å²) in [4.78, 5) is 0. The number of hydrogen-bond donors (Lipinski definition) is 2. The Morgan fingerprint density at radius 1 is 1.04 bits per heavy atom. The Kier molecular flexibility index (Phi) is 5.87. The lowest BCUT2D eigenvalue weighted by Crippen LogP contribution is -2.25. The predicted octanol–water partition coefficient (Wildman–Crippen LogP) is 2.83. The van der Waals surface area contributed by atoms with E-state index in [1.165, 1.54) is 11.1 Å². The van der Waals surface area contributed by atoms with Crippen LogP contribution in [0, 0.1) is 0 Å². The maximum absolute atomic E-state index is 9.19. The minimum atomic E-state index is 0.187. The zero-order valence-corrected chi connectivity index (χ0v) is 14.3. The van der Waals surface area contributed by atoms with Gasteiger partial charge in [-0.2, -0.15) is 0 Å². The molecule has 2 atom stereocenters. The van der Waals surface area contributed by atoms with Crippen LogP contribution in [0.15, 0.2) is 60.9 Å². The lowest BCUT2D eigenvalue weighted by molar-refractivity contribution is 0.272. The van der Waals surface area contributed by atoms with Gasteiger partial charge in [0.05, 0.1) is 5.69 Å². The molecule has 0 bridgehead atoms. The topological polar surface area (TPSA) is 75.9 Å². The Labute approximate surface area is 147 Å². The van der Waals surface area contributed by atoms with Crippen molar-refractivity contribution in [3.63, 3.8) is 0 Å². The number of aromatic nitrogens is 4. The lowest BCUT2D eigenvalue weighted by Gasteiger charge is -2.24. The third kappa shape index (κ3) is 4.49. The molecule has 0 saturated carbocycles. The van der Waals surface area contributed by atoms with Gasteiger partial charge in [0.2, 0.25) is 0 Å². The third-order valence-electron chi connectivity index (χ3n) is 4.31. The Morgan fingerprint density at radius 3 is 2.44 bits per heavy atom. The summed E-state index contributed by atoms with van der Waals surface area (Å²) < 4.78 is 1.63. The molecular weight excluding hydrogens is 314 g/mol. The number of nitrogens with one attached hydrogen (secondary N) is 1. The van der Waals surface area contributed by atoms with Crippen LogP contribution in [0.2, 0.25) is 0 Å². The lowest BCUT2D eigenvalue weighted by atomic mass is 9.99. The summed E-state index contributed by atoms with van der Waals surface area (Å²) in [6, 6.07) is 19.0. The summed E-state index contributed by atoms with van der Waals surface area (Å²) in [5.41, 5.74) is 3.37. The van der Waals surface area contributed by atoms with E-state index in [4.69, 9.17) is 0 Å². The molecule has 0 fully saturated rings. The molecule has 2 N–H and O–H groups in total. The van der Waals surface area contributed by atoms with Gasteiger partial charge in [-0.3, -0.25) is 0 Å². The molecule has 130 valence electrons. The van der Waals surface area contributed by atoms with Gasteiger partial charge >= 0.3 is 0 Å². The molecule has 6 nitrogen and oxygen atoms in total. The molecule has 2 unspecified atom stereocenters. The molecule has 3 aromatic rings. The third-order valence-corrected chi connectivity index (χ3v) is 4.31. The fourth-order valence-corrected chi connectivity index (χ4v) is 2.92. The Bertz CT molecular complexity index is 743. The number of aliphatic hydroxyl groups excluding tert-OH is 1. The summed E-state index contributed by atoms with van der Waals surface area (Å²) in [6.45, 7) is 2.36. The molecule has 0 saturated heterocycles. The molecule has 0 amide bonds. The van der Waals surface area contributed by atoms with Crippen LogP contribution in [0.1, 0.15) is 43.0 Å². The number of nitrogens with zero attached hydrogens (tertiary/aromatic N) is 4. The minimum absolute atomic E-state index is 0.187. The molecule has 0 aliphatic carbocycles. The zero-order chi connectivity index (χ0) is 17.5. The van der Waals surface area contributed by atoms with Crippen LogP contribution in [-0.2, 0) is 0 Å². The monoisotopic (exact) mass is 337 g/mol. The van der Waals surface area contributed by atoms with Crippen LogP contribution >= 0.6 is 0 Å². The van der Waals surface area contributed by atoms with Gasteiger partial charge in [-0.05, 0) is 53.5 Å². The summed E-state index contributed by atoms with van der Waals surface area (Å²) in [5, 5.41) is 24.1. The molecule has 0 radical (unpaired) electrons. The van der Waals surface area contributed by atoms with Crippen molar-refractivity contribution < 1.29 is 5.11 Å². The smallest absolute Gasteiger partial charge is 0.143 e. The maximum Gasteiger partial charge on any atom is 0.143 e. The number of aliphatic hydroxyl groups is 1. The van der Waals surface area contributed by atoms with Crippen molar-refractivity contribution in [3.05, 3.63) is 72.1 Å². The average molecular weight is 337 g/mol. The molecule has 6 heteroatoms. The quantitative estimate of drug-likeness (QED) is 0.661. The second kappa shape index (κ2) is 8.50. The Hall–Kier alpha value is -2.57. The highest BCUT2D eigenvalue weighted by molar-refractivity contribution is 5.34. The summed E-state index contributed by atoms with van der Waals surface area (Å²) >= 11 is 0. The van der Waals surface area contributed by atoms with Crippen molar-refractivity contribution in [2.24, 2.45) is 0 Å². The van der Waals surface area contributed by atoms with Crippen LogP contribution in [0.3, 0.4) is 0 Å². The van der Waals surface area contributed by atoms with E-state index in [0.29, 0.717) is 0 Å². The second-order valence-corrected chi connectivity index (χ2v) is 6.06. The first-order valence-corrected chi connectivity index (χ1v) is 8.53. The van der Waals surface area contributed by atoms with Crippen LogP contribution < -0.4 is 5.32 Å². The molecular formula is C19H23N5O. The second-order valence-electron chi connectivity index (χ2n) is 6.06. The van der Waals surface area contributed by atoms with Crippen molar-refractivity contribution in [1.29, 1.82) is 0 Å². The van der Waals surface area contributed by atoms with Gasteiger partial charge < -0.3 is 10.4 Å². The largest absolute Gasteiger partial charge is 0.396 e. The number of hydrogen-bond acceptors (Lipinski definition) is 5. The molecule has 0 aliphatic rings. The van der Waals surface area contributed by atoms with E-state index < -0.39 is 0 Å². The van der Waals surface area contributed by atoms with E-state index in [0.717, 1.165) is 18.5 Å². The van der Waals surface area contributed by atoms with Gasteiger partial charge in [-0.1, -0.05) is 42.5 Å². The molecule has 3 rings (SSSR count). The fraction of sp³-hybridized carbons (Fsp3) is 0.316. The van der Waals surface area contributed by atoms with Gasteiger partial charge in [0.25, 0.3) is 0 Å². The van der Waals surface area contributed by atoms with E-state index in [-0.39, 0.29) is 18.7 Å². The molecule has 1 heterocycles. The first-order chi connectivity index (χ1) is 12.3. The first-order valence-electron chi connectivity index (χ1n) is 8.53. The standard InChI is InChI=1S/C19H23N5O/c1-15(16-9-11-18(12-10-16)24-14-20-22-23-24)21-19(8-5-13-25)17-6-3-2-4-7-17/h2-4,6-7,9-12,14-15,19,21,25H,5,8,13H2,1H3. The van der Waals surface area contributed by atoms with Crippen molar-refractivity contribution in [2.45, 2.75) is 31.8 Å². The van der Waals surface area contributed by atoms with Gasteiger partial charge in [0.15, 0.2) is 0 Å². The van der Waals surface area contributed by atoms with Crippen molar-refractivity contribution in [3.8, 4) is 5.69 Å². The minimum Gasteiger partial charge on any atom is -0.396 e. The zero-order valence-electron chi connectivity index (χ0n) is 14.3. The summed E-state index contributed by atoms with van der Waals surface area (Å²) in [6.07, 6.45) is 3.25. The Morgan fingerprint density at radius 2 is 1.80 bits per heavy atom. The molecule has 2 aromatic carbocycles. The number of tetrazole rings is 1. The molecule has 0 aliphatic heterocycles. The van der Waals surface area contributed by atoms with Crippen LogP contribution in [0.25, 0.3) is 5.69 Å². The Balaban J connectivity index is 1.71. The SMILES string of the molecule is CC(NC(CCCO)c1ccccc1)c1ccc(-n2cnnn2)cc1. The predicted molar refractivity (Wildman–Crippen MR) is 96.2 cm³/mol. The number of rotatable bonds is 8. The normalized spacial score (nSPS) is 13.5. The van der Waals surface area contributed by atoms with E-state index in [2.05, 4.69) is 64.2 Å². The van der Waals surface area contributed by atoms with Crippen LogP contribution in [-0.4, -0.2) is 31.9 Å². The van der Waals surface area contributed by atoms with Crippen LogP contribution in [0.4, 0.5) is 0 Å². The average Bonchev–Trinajstić information content (AvgIpc) is 3.20. The van der Waals surface area contributed by atoms with Crippen molar-refractivity contribution in [1.82, 2.24) is 25.5 Å². The summed E-state index contributed by atoms with van der Waals surface area (Å²) in [7, 11) is 0. The van der Waals surface area contributed by atoms with E-state index in [9.17, 15) is 5.11 Å². The van der Waals surface area contributed by atoms with Crippen molar-refractivity contribution in [2.75, 3.05) is 6.61 Å². The highest BCUT2D eigenvalue weighted by atomic mass is 16.2. The highest BCUT2D eigenvalue weighted by Crippen LogP contribution is 2.24. The van der Waals surface area contributed by atoms with Gasteiger partial charge in [0, 0.05) is 18.7 Å². The molecule has 0 spiro atoms. The maximum atomic E-state index is 9.19. The first kappa shape index (κ1) is 17.3. The number of benzene rings is 2. The molecule has 1 aromatic heterocycles. The van der Waals surface area contributed by atoms with Gasteiger partial charge in [-0.15, -0.1) is 5.10 Å². The van der Waals surface area contributed by atoms with Gasteiger partial charge in [0.1, 0.15) is 6.33 Å². The summed E-state index contributed by atoms with van der Waals surface area (Å²) in [5.74, 6) is 0. The van der Waals surface area contributed by atoms with Crippen LogP contribution in [0.5, 0.6) is 0 Å². The van der Waals surface area contributed by atoms with E-state index >= 15 is 0 Å². The van der Waals surface area contributed by atoms with E-state index in [1.54, 1.807) is 11.0 Å². The molecule has 25 heavy (non-hydrogen) atoms. The van der Waals surface area contributed by atoms with Crippen molar-refractivity contribution >= 4 is 0 Å². The highest BCUT2D eigenvalue weighted by Gasteiger charge is 2.15. The van der Waals surface area contributed by atoms with E-state index in [1.807, 2.05) is 18.2 Å². The van der Waals surface area contributed by atoms with Gasteiger partial charge in [-0.25, -0.2) is 4.68 Å².